The van der Waals surface area contributed by atoms with Gasteiger partial charge in [-0.05, 0) is 56.0 Å². The molecule has 1 aliphatic carbocycles. The van der Waals surface area contributed by atoms with Crippen LogP contribution in [-0.2, 0) is 12.8 Å². The van der Waals surface area contributed by atoms with E-state index in [2.05, 4.69) is 18.7 Å². The molecular weight excluding hydrogens is 238 g/mol. The van der Waals surface area contributed by atoms with Crippen LogP contribution < -0.4 is 0 Å². The van der Waals surface area contributed by atoms with Gasteiger partial charge in [-0.15, -0.1) is 0 Å². The number of benzene rings is 1. The number of carbonyl (C=O) groups is 1. The van der Waals surface area contributed by atoms with Crippen molar-refractivity contribution in [1.29, 1.82) is 0 Å². The minimum Gasteiger partial charge on any atom is -0.507 e. The quantitative estimate of drug-likeness (QED) is 0.800. The molecule has 1 aromatic rings. The summed E-state index contributed by atoms with van der Waals surface area (Å²) in [7, 11) is 0. The number of rotatable bonds is 6. The van der Waals surface area contributed by atoms with Crippen LogP contribution in [0.3, 0.4) is 0 Å². The van der Waals surface area contributed by atoms with Crippen molar-refractivity contribution >= 4 is 6.29 Å². The number of fused-ring (bicyclic) bond motifs is 1. The van der Waals surface area contributed by atoms with Gasteiger partial charge in [0.25, 0.3) is 0 Å². The number of hydrogen-bond donors (Lipinski definition) is 1. The fourth-order valence-corrected chi connectivity index (χ4v) is 3.08. The van der Waals surface area contributed by atoms with Crippen molar-refractivity contribution < 1.29 is 9.90 Å². The number of aldehydes is 1. The smallest absolute Gasteiger partial charge is 0.153 e. The van der Waals surface area contributed by atoms with Gasteiger partial charge in [0.2, 0.25) is 0 Å². The van der Waals surface area contributed by atoms with Crippen LogP contribution in [0.5, 0.6) is 5.75 Å². The first-order valence-electron chi connectivity index (χ1n) is 7.24. The summed E-state index contributed by atoms with van der Waals surface area (Å²) in [6.45, 7) is 6.61. The molecule has 0 saturated heterocycles. The standard InChI is InChI=1S/C16H23NO2/c1-3-7-17(8-4-2)14-9-12-5-6-13(11-18)16(19)15(12)10-14/h5-6,11,14,19H,3-4,7-10H2,1-2H3/t14-/m0/s1. The molecule has 0 radical (unpaired) electrons. The van der Waals surface area contributed by atoms with E-state index < -0.39 is 0 Å². The van der Waals surface area contributed by atoms with Crippen molar-refractivity contribution in [2.24, 2.45) is 0 Å². The molecule has 0 aromatic heterocycles. The van der Waals surface area contributed by atoms with E-state index in [1.54, 1.807) is 6.07 Å². The Balaban J connectivity index is 2.19. The van der Waals surface area contributed by atoms with Crippen LogP contribution in [0.1, 0.15) is 48.2 Å². The minimum absolute atomic E-state index is 0.197. The Morgan fingerprint density at radius 2 is 1.95 bits per heavy atom. The highest BCUT2D eigenvalue weighted by Crippen LogP contribution is 2.34. The predicted molar refractivity (Wildman–Crippen MR) is 76.8 cm³/mol. The molecule has 1 N–H and O–H groups in total. The van der Waals surface area contributed by atoms with Gasteiger partial charge in [0.15, 0.2) is 6.29 Å². The van der Waals surface area contributed by atoms with Crippen molar-refractivity contribution in [2.45, 2.75) is 45.6 Å². The van der Waals surface area contributed by atoms with Crippen LogP contribution in [0.25, 0.3) is 0 Å². The molecule has 19 heavy (non-hydrogen) atoms. The Labute approximate surface area is 115 Å². The zero-order valence-corrected chi connectivity index (χ0v) is 11.9. The van der Waals surface area contributed by atoms with Crippen molar-refractivity contribution in [2.75, 3.05) is 13.1 Å². The highest BCUT2D eigenvalue weighted by atomic mass is 16.3. The maximum Gasteiger partial charge on any atom is 0.153 e. The predicted octanol–water partition coefficient (Wildman–Crippen LogP) is 2.79. The molecule has 0 amide bonds. The first-order chi connectivity index (χ1) is 9.21. The van der Waals surface area contributed by atoms with Crippen LogP contribution in [0.4, 0.5) is 0 Å². The molecule has 1 atom stereocenters. The zero-order valence-electron chi connectivity index (χ0n) is 11.9. The van der Waals surface area contributed by atoms with Gasteiger partial charge in [-0.25, -0.2) is 0 Å². The van der Waals surface area contributed by atoms with Gasteiger partial charge >= 0.3 is 0 Å². The van der Waals surface area contributed by atoms with Gasteiger partial charge in [-0.2, -0.15) is 0 Å². The molecule has 0 unspecified atom stereocenters. The fourth-order valence-electron chi connectivity index (χ4n) is 3.08. The van der Waals surface area contributed by atoms with Crippen molar-refractivity contribution in [3.8, 4) is 5.75 Å². The SMILES string of the molecule is CCCN(CCC)[C@H]1Cc2ccc(C=O)c(O)c2C1. The molecule has 0 saturated carbocycles. The summed E-state index contributed by atoms with van der Waals surface area (Å²) in [5.74, 6) is 0.197. The van der Waals surface area contributed by atoms with E-state index in [4.69, 9.17) is 0 Å². The Kier molecular flexibility index (Phi) is 4.59. The van der Waals surface area contributed by atoms with Gasteiger partial charge in [0.05, 0.1) is 5.56 Å². The van der Waals surface area contributed by atoms with Gasteiger partial charge in [-0.1, -0.05) is 19.9 Å². The molecule has 0 heterocycles. The molecule has 3 heteroatoms. The monoisotopic (exact) mass is 261 g/mol. The van der Waals surface area contributed by atoms with Crippen LogP contribution >= 0.6 is 0 Å². The lowest BCUT2D eigenvalue weighted by Crippen LogP contribution is -2.37. The number of phenolic OH excluding ortho intramolecular Hbond substituents is 1. The number of aromatic hydroxyl groups is 1. The molecular formula is C16H23NO2. The highest BCUT2D eigenvalue weighted by Gasteiger charge is 2.28. The van der Waals surface area contributed by atoms with E-state index in [1.807, 2.05) is 6.07 Å². The van der Waals surface area contributed by atoms with Gasteiger partial charge in [0, 0.05) is 6.04 Å². The molecule has 0 aliphatic heterocycles. The number of nitrogens with zero attached hydrogens (tertiary/aromatic N) is 1. The molecule has 2 rings (SSSR count). The van der Waals surface area contributed by atoms with Gasteiger partial charge in [0.1, 0.15) is 5.75 Å². The van der Waals surface area contributed by atoms with Gasteiger partial charge in [-0.3, -0.25) is 9.69 Å². The summed E-state index contributed by atoms with van der Waals surface area (Å²) in [5.41, 5.74) is 2.59. The first-order valence-corrected chi connectivity index (χ1v) is 7.24. The maximum atomic E-state index is 10.9. The third-order valence-electron chi connectivity index (χ3n) is 3.97. The molecule has 3 nitrogen and oxygen atoms in total. The van der Waals surface area contributed by atoms with E-state index >= 15 is 0 Å². The van der Waals surface area contributed by atoms with Crippen LogP contribution in [0, 0.1) is 0 Å². The normalized spacial score (nSPS) is 17.7. The summed E-state index contributed by atoms with van der Waals surface area (Å²) >= 11 is 0. The molecule has 104 valence electrons. The summed E-state index contributed by atoms with van der Waals surface area (Å²) in [6, 6.07) is 4.20. The molecule has 1 aliphatic rings. The van der Waals surface area contributed by atoms with Crippen LogP contribution in [0.2, 0.25) is 0 Å². The van der Waals surface area contributed by atoms with E-state index in [0.29, 0.717) is 11.6 Å². The van der Waals surface area contributed by atoms with Crippen LogP contribution in [-0.4, -0.2) is 35.4 Å². The van der Waals surface area contributed by atoms with Crippen molar-refractivity contribution in [3.63, 3.8) is 0 Å². The third kappa shape index (κ3) is 2.81. The lowest BCUT2D eigenvalue weighted by molar-refractivity contribution is 0.112. The Bertz CT molecular complexity index is 450. The first kappa shape index (κ1) is 14.1. The zero-order chi connectivity index (χ0) is 13.8. The average Bonchev–Trinajstić information content (AvgIpc) is 2.84. The summed E-state index contributed by atoms with van der Waals surface area (Å²) in [4.78, 5) is 13.4. The maximum absolute atomic E-state index is 10.9. The second kappa shape index (κ2) is 6.20. The summed E-state index contributed by atoms with van der Waals surface area (Å²) < 4.78 is 0. The molecule has 1 aromatic carbocycles. The largest absolute Gasteiger partial charge is 0.507 e. The lowest BCUT2D eigenvalue weighted by Gasteiger charge is -2.27. The molecule has 0 bridgehead atoms. The Morgan fingerprint density at radius 3 is 2.53 bits per heavy atom. The van der Waals surface area contributed by atoms with Crippen molar-refractivity contribution in [1.82, 2.24) is 4.90 Å². The summed E-state index contributed by atoms with van der Waals surface area (Å²) in [5, 5.41) is 10.1. The number of carbonyl (C=O) groups excluding carboxylic acids is 1. The number of hydrogen-bond acceptors (Lipinski definition) is 3. The van der Waals surface area contributed by atoms with E-state index in [-0.39, 0.29) is 5.75 Å². The minimum atomic E-state index is 0.197. The van der Waals surface area contributed by atoms with Crippen molar-refractivity contribution in [3.05, 3.63) is 28.8 Å². The fraction of sp³-hybridized carbons (Fsp3) is 0.562. The topological polar surface area (TPSA) is 40.5 Å². The second-order valence-electron chi connectivity index (χ2n) is 5.36. The third-order valence-corrected chi connectivity index (χ3v) is 3.97. The van der Waals surface area contributed by atoms with E-state index in [0.717, 1.165) is 50.6 Å². The summed E-state index contributed by atoms with van der Waals surface area (Å²) in [6.07, 6.45) is 4.89. The average molecular weight is 261 g/mol. The Hall–Kier alpha value is -1.35. The lowest BCUT2D eigenvalue weighted by atomic mass is 10.1. The highest BCUT2D eigenvalue weighted by molar-refractivity contribution is 5.80. The second-order valence-corrected chi connectivity index (χ2v) is 5.36. The molecule has 0 spiro atoms. The Morgan fingerprint density at radius 1 is 1.26 bits per heavy atom. The van der Waals surface area contributed by atoms with Crippen LogP contribution in [0.15, 0.2) is 12.1 Å². The van der Waals surface area contributed by atoms with Gasteiger partial charge < -0.3 is 5.11 Å². The number of phenols is 1. The molecule has 0 fully saturated rings. The van der Waals surface area contributed by atoms with E-state index in [9.17, 15) is 9.90 Å². The van der Waals surface area contributed by atoms with E-state index in [1.165, 1.54) is 5.56 Å².